The van der Waals surface area contributed by atoms with Gasteiger partial charge in [0.2, 0.25) is 0 Å². The van der Waals surface area contributed by atoms with E-state index in [-0.39, 0.29) is 0 Å². The van der Waals surface area contributed by atoms with Gasteiger partial charge in [0, 0.05) is 21.8 Å². The molecule has 0 bridgehead atoms. The van der Waals surface area contributed by atoms with Gasteiger partial charge in [-0.3, -0.25) is 5.10 Å². The molecule has 14 heavy (non-hydrogen) atoms. The lowest BCUT2D eigenvalue weighted by molar-refractivity contribution is 1.12. The third-order valence-corrected chi connectivity index (χ3v) is 2.49. The molecule has 0 unspecified atom stereocenters. The van der Waals surface area contributed by atoms with E-state index in [2.05, 4.69) is 10.2 Å². The summed E-state index contributed by atoms with van der Waals surface area (Å²) in [5.41, 5.74) is 7.79. The zero-order chi connectivity index (χ0) is 9.54. The number of benzene rings is 2. The van der Waals surface area contributed by atoms with Crippen molar-refractivity contribution in [1.29, 1.82) is 0 Å². The molecule has 0 atom stereocenters. The molecule has 3 nitrogen and oxygen atoms in total. The van der Waals surface area contributed by atoms with Gasteiger partial charge in [0.15, 0.2) is 0 Å². The first-order chi connectivity index (χ1) is 6.86. The minimum Gasteiger partial charge on any atom is -0.398 e. The Kier molecular flexibility index (Phi) is 1.31. The summed E-state index contributed by atoms with van der Waals surface area (Å²) < 4.78 is 0. The SMILES string of the molecule is Nc1cc2cn[nH]c2c2ccccc12. The quantitative estimate of drug-likeness (QED) is 0.525. The van der Waals surface area contributed by atoms with Gasteiger partial charge in [-0.05, 0) is 6.07 Å². The number of aromatic nitrogens is 2. The van der Waals surface area contributed by atoms with Gasteiger partial charge in [-0.2, -0.15) is 5.10 Å². The fourth-order valence-electron chi connectivity index (χ4n) is 1.82. The van der Waals surface area contributed by atoms with E-state index in [0.717, 1.165) is 27.4 Å². The number of aromatic amines is 1. The number of H-pyrrole nitrogens is 1. The minimum absolute atomic E-state index is 0.800. The van der Waals surface area contributed by atoms with Crippen molar-refractivity contribution in [3.05, 3.63) is 36.5 Å². The molecule has 2 aromatic carbocycles. The molecule has 0 aliphatic carbocycles. The van der Waals surface area contributed by atoms with Crippen LogP contribution in [0.15, 0.2) is 36.5 Å². The molecule has 0 aliphatic heterocycles. The highest BCUT2D eigenvalue weighted by Gasteiger charge is 2.04. The number of nitrogens with two attached hydrogens (primary N) is 1. The number of hydrogen-bond donors (Lipinski definition) is 2. The number of nitrogen functional groups attached to an aromatic ring is 1. The van der Waals surface area contributed by atoms with Crippen LogP contribution < -0.4 is 5.73 Å². The average molecular weight is 183 g/mol. The van der Waals surface area contributed by atoms with Crippen LogP contribution in [0.5, 0.6) is 0 Å². The van der Waals surface area contributed by atoms with Crippen LogP contribution in [0.25, 0.3) is 21.7 Å². The molecular weight excluding hydrogens is 174 g/mol. The number of nitrogens with one attached hydrogen (secondary N) is 1. The Bertz CT molecular complexity index is 610. The summed E-state index contributed by atoms with van der Waals surface area (Å²) in [6.07, 6.45) is 1.79. The van der Waals surface area contributed by atoms with Crippen molar-refractivity contribution >= 4 is 27.4 Å². The summed E-state index contributed by atoms with van der Waals surface area (Å²) in [6, 6.07) is 10.0. The van der Waals surface area contributed by atoms with Crippen LogP contribution in [-0.4, -0.2) is 10.2 Å². The lowest BCUT2D eigenvalue weighted by Gasteiger charge is -2.02. The van der Waals surface area contributed by atoms with Gasteiger partial charge in [-0.25, -0.2) is 0 Å². The van der Waals surface area contributed by atoms with Crippen LogP contribution in [0.2, 0.25) is 0 Å². The van der Waals surface area contributed by atoms with Crippen molar-refractivity contribution in [2.45, 2.75) is 0 Å². The third-order valence-electron chi connectivity index (χ3n) is 2.49. The molecule has 3 N–H and O–H groups in total. The zero-order valence-corrected chi connectivity index (χ0v) is 7.49. The van der Waals surface area contributed by atoms with Crippen LogP contribution in [0.1, 0.15) is 0 Å². The van der Waals surface area contributed by atoms with E-state index in [4.69, 9.17) is 5.73 Å². The molecule has 0 fully saturated rings. The van der Waals surface area contributed by atoms with E-state index in [0.29, 0.717) is 0 Å². The molecule has 0 radical (unpaired) electrons. The topological polar surface area (TPSA) is 54.7 Å². The van der Waals surface area contributed by atoms with Crippen LogP contribution in [0.3, 0.4) is 0 Å². The van der Waals surface area contributed by atoms with Crippen molar-refractivity contribution in [1.82, 2.24) is 10.2 Å². The average Bonchev–Trinajstić information content (AvgIpc) is 2.66. The molecule has 3 aromatic rings. The van der Waals surface area contributed by atoms with Gasteiger partial charge in [-0.15, -0.1) is 0 Å². The van der Waals surface area contributed by atoms with Gasteiger partial charge < -0.3 is 5.73 Å². The number of hydrogen-bond acceptors (Lipinski definition) is 2. The van der Waals surface area contributed by atoms with E-state index in [1.165, 1.54) is 0 Å². The summed E-state index contributed by atoms with van der Waals surface area (Å²) in [5.74, 6) is 0. The first-order valence-corrected chi connectivity index (χ1v) is 4.46. The van der Waals surface area contributed by atoms with E-state index >= 15 is 0 Å². The van der Waals surface area contributed by atoms with E-state index < -0.39 is 0 Å². The number of anilines is 1. The second kappa shape index (κ2) is 2.48. The predicted octanol–water partition coefficient (Wildman–Crippen LogP) is 2.30. The second-order valence-electron chi connectivity index (χ2n) is 3.35. The maximum atomic E-state index is 5.94. The second-order valence-corrected chi connectivity index (χ2v) is 3.35. The molecule has 1 aromatic heterocycles. The highest BCUT2D eigenvalue weighted by Crippen LogP contribution is 2.28. The lowest BCUT2D eigenvalue weighted by atomic mass is 10.1. The van der Waals surface area contributed by atoms with Gasteiger partial charge in [-0.1, -0.05) is 24.3 Å². The number of nitrogens with zero attached hydrogens (tertiary/aromatic N) is 1. The van der Waals surface area contributed by atoms with Crippen LogP contribution in [0.4, 0.5) is 5.69 Å². The predicted molar refractivity (Wildman–Crippen MR) is 58.0 cm³/mol. The Morgan fingerprint density at radius 3 is 2.79 bits per heavy atom. The van der Waals surface area contributed by atoms with Crippen LogP contribution in [-0.2, 0) is 0 Å². The Balaban J connectivity index is 2.67. The molecule has 0 amide bonds. The van der Waals surface area contributed by atoms with E-state index in [1.807, 2.05) is 30.3 Å². The summed E-state index contributed by atoms with van der Waals surface area (Å²) >= 11 is 0. The Morgan fingerprint density at radius 2 is 1.93 bits per heavy atom. The largest absolute Gasteiger partial charge is 0.398 e. The van der Waals surface area contributed by atoms with Gasteiger partial charge in [0.1, 0.15) is 0 Å². The zero-order valence-electron chi connectivity index (χ0n) is 7.49. The molecule has 68 valence electrons. The smallest absolute Gasteiger partial charge is 0.0730 e. The fourth-order valence-corrected chi connectivity index (χ4v) is 1.82. The van der Waals surface area contributed by atoms with Crippen LogP contribution >= 0.6 is 0 Å². The Labute approximate surface area is 80.5 Å². The molecule has 3 rings (SSSR count). The maximum Gasteiger partial charge on any atom is 0.0730 e. The molecule has 0 spiro atoms. The van der Waals surface area contributed by atoms with Crippen molar-refractivity contribution in [3.8, 4) is 0 Å². The minimum atomic E-state index is 0.800. The van der Waals surface area contributed by atoms with Crippen molar-refractivity contribution in [3.63, 3.8) is 0 Å². The standard InChI is InChI=1S/C11H9N3/c12-10-5-7-6-13-14-11(7)9-4-2-1-3-8(9)10/h1-6H,12H2,(H,13,14). The van der Waals surface area contributed by atoms with Gasteiger partial charge >= 0.3 is 0 Å². The summed E-state index contributed by atoms with van der Waals surface area (Å²) in [4.78, 5) is 0. The highest BCUT2D eigenvalue weighted by molar-refractivity contribution is 6.10. The summed E-state index contributed by atoms with van der Waals surface area (Å²) in [5, 5.41) is 10.3. The van der Waals surface area contributed by atoms with E-state index in [1.54, 1.807) is 6.20 Å². The molecule has 1 heterocycles. The fraction of sp³-hybridized carbons (Fsp3) is 0. The van der Waals surface area contributed by atoms with E-state index in [9.17, 15) is 0 Å². The molecule has 0 saturated heterocycles. The summed E-state index contributed by atoms with van der Waals surface area (Å²) in [7, 11) is 0. The molecular formula is C11H9N3. The Morgan fingerprint density at radius 1 is 1.14 bits per heavy atom. The first-order valence-electron chi connectivity index (χ1n) is 4.46. The number of rotatable bonds is 0. The van der Waals surface area contributed by atoms with Gasteiger partial charge in [0.05, 0.1) is 11.7 Å². The monoisotopic (exact) mass is 183 g/mol. The first kappa shape index (κ1) is 7.38. The summed E-state index contributed by atoms with van der Waals surface area (Å²) in [6.45, 7) is 0. The van der Waals surface area contributed by atoms with Crippen molar-refractivity contribution < 1.29 is 0 Å². The Hall–Kier alpha value is -2.03. The highest BCUT2D eigenvalue weighted by atomic mass is 15.1. The van der Waals surface area contributed by atoms with Crippen LogP contribution in [0, 0.1) is 0 Å². The lowest BCUT2D eigenvalue weighted by Crippen LogP contribution is -1.87. The third kappa shape index (κ3) is 0.836. The van der Waals surface area contributed by atoms with Crippen molar-refractivity contribution in [2.75, 3.05) is 5.73 Å². The normalized spacial score (nSPS) is 11.1. The number of fused-ring (bicyclic) bond motifs is 3. The molecule has 3 heteroatoms. The maximum absolute atomic E-state index is 5.94. The molecule has 0 saturated carbocycles. The van der Waals surface area contributed by atoms with Crippen molar-refractivity contribution in [2.24, 2.45) is 0 Å². The van der Waals surface area contributed by atoms with Gasteiger partial charge in [0.25, 0.3) is 0 Å². The molecule has 0 aliphatic rings.